The molecule has 1 fully saturated rings. The average molecular weight is 249 g/mol. The highest BCUT2D eigenvalue weighted by Crippen LogP contribution is 2.24. The van der Waals surface area contributed by atoms with Crippen molar-refractivity contribution in [1.29, 1.82) is 0 Å². The summed E-state index contributed by atoms with van der Waals surface area (Å²) in [5.41, 5.74) is 7.82. The number of hydrogen-bond donors (Lipinski definition) is 2. The zero-order valence-corrected chi connectivity index (χ0v) is 9.87. The van der Waals surface area contributed by atoms with E-state index in [9.17, 15) is 0 Å². The van der Waals surface area contributed by atoms with Gasteiger partial charge in [0.15, 0.2) is 5.58 Å². The Hall–Kier alpha value is -1.79. The van der Waals surface area contributed by atoms with Gasteiger partial charge in [-0.1, -0.05) is 0 Å². The largest absolute Gasteiger partial charge is 0.423 e. The van der Waals surface area contributed by atoms with Gasteiger partial charge < -0.3 is 24.9 Å². The van der Waals surface area contributed by atoms with Crippen molar-refractivity contribution < 1.29 is 14.3 Å². The fourth-order valence-electron chi connectivity index (χ4n) is 2.07. The fourth-order valence-corrected chi connectivity index (χ4v) is 2.07. The number of nitrogen functional groups attached to an aromatic ring is 1. The van der Waals surface area contributed by atoms with Gasteiger partial charge in [-0.2, -0.15) is 4.98 Å². The predicted molar refractivity (Wildman–Crippen MR) is 67.5 cm³/mol. The normalized spacial score (nSPS) is 20.5. The van der Waals surface area contributed by atoms with Crippen molar-refractivity contribution in [2.75, 3.05) is 36.9 Å². The maximum atomic E-state index is 9.11. The Morgan fingerprint density at radius 1 is 1.50 bits per heavy atom. The predicted octanol–water partition coefficient (Wildman–Crippen LogP) is 0.607. The molecule has 18 heavy (non-hydrogen) atoms. The minimum atomic E-state index is -0.182. The molecule has 6 heteroatoms. The van der Waals surface area contributed by atoms with Crippen LogP contribution in [0.2, 0.25) is 0 Å². The van der Waals surface area contributed by atoms with Gasteiger partial charge in [0.25, 0.3) is 6.01 Å². The van der Waals surface area contributed by atoms with Crippen LogP contribution in [-0.4, -0.2) is 42.5 Å². The zero-order valence-electron chi connectivity index (χ0n) is 9.87. The molecule has 1 aromatic carbocycles. The van der Waals surface area contributed by atoms with Gasteiger partial charge in [0.05, 0.1) is 25.9 Å². The van der Waals surface area contributed by atoms with E-state index in [1.807, 2.05) is 11.0 Å². The van der Waals surface area contributed by atoms with Crippen LogP contribution in [0.5, 0.6) is 0 Å². The third-order valence-corrected chi connectivity index (χ3v) is 3.01. The number of morpholine rings is 1. The van der Waals surface area contributed by atoms with E-state index < -0.39 is 0 Å². The highest BCUT2D eigenvalue weighted by Gasteiger charge is 2.23. The Morgan fingerprint density at radius 3 is 3.22 bits per heavy atom. The average Bonchev–Trinajstić information content (AvgIpc) is 2.81. The first-order chi connectivity index (χ1) is 8.76. The lowest BCUT2D eigenvalue weighted by Gasteiger charge is -2.30. The number of oxazole rings is 1. The Labute approximate surface area is 104 Å². The Bertz CT molecular complexity index is 554. The van der Waals surface area contributed by atoms with Crippen LogP contribution in [0.1, 0.15) is 0 Å². The number of aliphatic hydroxyl groups excluding tert-OH is 1. The number of nitrogens with two attached hydrogens (primary N) is 1. The van der Waals surface area contributed by atoms with Crippen LogP contribution in [0.4, 0.5) is 11.7 Å². The number of benzene rings is 1. The quantitative estimate of drug-likeness (QED) is 0.758. The number of aliphatic hydroxyl groups is 1. The first-order valence-corrected chi connectivity index (χ1v) is 5.90. The van der Waals surface area contributed by atoms with Crippen molar-refractivity contribution >= 4 is 22.8 Å². The third-order valence-electron chi connectivity index (χ3n) is 3.01. The van der Waals surface area contributed by atoms with E-state index >= 15 is 0 Å². The molecule has 2 aromatic rings. The Morgan fingerprint density at radius 2 is 2.39 bits per heavy atom. The minimum Gasteiger partial charge on any atom is -0.423 e. The molecule has 0 radical (unpaired) electrons. The lowest BCUT2D eigenvalue weighted by molar-refractivity contribution is 0.00236. The number of hydrogen-bond acceptors (Lipinski definition) is 6. The van der Waals surface area contributed by atoms with Gasteiger partial charge in [0.1, 0.15) is 5.52 Å². The van der Waals surface area contributed by atoms with Crippen molar-refractivity contribution in [2.24, 2.45) is 0 Å². The topological polar surface area (TPSA) is 84.8 Å². The second-order valence-corrected chi connectivity index (χ2v) is 4.34. The van der Waals surface area contributed by atoms with Crippen LogP contribution in [0, 0.1) is 0 Å². The molecular formula is C12H15N3O3. The van der Waals surface area contributed by atoms with Crippen LogP contribution in [0.3, 0.4) is 0 Å². The van der Waals surface area contributed by atoms with Gasteiger partial charge in [-0.25, -0.2) is 0 Å². The molecule has 0 saturated carbocycles. The number of fused-ring (bicyclic) bond motifs is 1. The molecule has 1 saturated heterocycles. The summed E-state index contributed by atoms with van der Waals surface area (Å²) < 4.78 is 11.1. The number of ether oxygens (including phenoxy) is 1. The van der Waals surface area contributed by atoms with Crippen LogP contribution in [0.15, 0.2) is 22.6 Å². The van der Waals surface area contributed by atoms with Crippen molar-refractivity contribution in [3.05, 3.63) is 18.2 Å². The van der Waals surface area contributed by atoms with E-state index in [-0.39, 0.29) is 12.7 Å². The van der Waals surface area contributed by atoms with E-state index in [1.165, 1.54) is 0 Å². The SMILES string of the molecule is Nc1ccc2nc(N3CCOC(CO)C3)oc2c1. The highest BCUT2D eigenvalue weighted by atomic mass is 16.5. The molecule has 0 amide bonds. The molecule has 0 bridgehead atoms. The molecule has 0 spiro atoms. The standard InChI is InChI=1S/C12H15N3O3/c13-8-1-2-10-11(5-8)18-12(14-10)15-3-4-17-9(6-15)7-16/h1-2,5,9,16H,3-4,6-7,13H2. The molecule has 1 aliphatic heterocycles. The van der Waals surface area contributed by atoms with Crippen LogP contribution in [-0.2, 0) is 4.74 Å². The maximum absolute atomic E-state index is 9.11. The van der Waals surface area contributed by atoms with Gasteiger partial charge in [-0.05, 0) is 12.1 Å². The minimum absolute atomic E-state index is 0.00365. The fraction of sp³-hybridized carbons (Fsp3) is 0.417. The van der Waals surface area contributed by atoms with Gasteiger partial charge in [-0.3, -0.25) is 0 Å². The first-order valence-electron chi connectivity index (χ1n) is 5.90. The van der Waals surface area contributed by atoms with Crippen LogP contribution in [0.25, 0.3) is 11.1 Å². The summed E-state index contributed by atoms with van der Waals surface area (Å²) in [5, 5.41) is 9.11. The Kier molecular flexibility index (Phi) is 2.81. The molecule has 1 aliphatic rings. The van der Waals surface area contributed by atoms with E-state index in [1.54, 1.807) is 12.1 Å². The van der Waals surface area contributed by atoms with Gasteiger partial charge >= 0.3 is 0 Å². The van der Waals surface area contributed by atoms with E-state index in [2.05, 4.69) is 4.98 Å². The second kappa shape index (κ2) is 4.47. The van der Waals surface area contributed by atoms with Crippen molar-refractivity contribution in [2.45, 2.75) is 6.10 Å². The number of nitrogens with zero attached hydrogens (tertiary/aromatic N) is 2. The summed E-state index contributed by atoms with van der Waals surface area (Å²) in [6, 6.07) is 5.94. The molecule has 3 N–H and O–H groups in total. The molecule has 2 heterocycles. The second-order valence-electron chi connectivity index (χ2n) is 4.34. The van der Waals surface area contributed by atoms with Crippen LogP contribution < -0.4 is 10.6 Å². The van der Waals surface area contributed by atoms with Crippen molar-refractivity contribution in [1.82, 2.24) is 4.98 Å². The van der Waals surface area contributed by atoms with E-state index in [4.69, 9.17) is 20.0 Å². The molecule has 6 nitrogen and oxygen atoms in total. The van der Waals surface area contributed by atoms with Gasteiger partial charge in [0, 0.05) is 18.3 Å². The third kappa shape index (κ3) is 2.00. The van der Waals surface area contributed by atoms with E-state index in [0.717, 1.165) is 5.52 Å². The molecule has 0 aliphatic carbocycles. The molecule has 1 atom stereocenters. The lowest BCUT2D eigenvalue weighted by Crippen LogP contribution is -2.44. The summed E-state index contributed by atoms with van der Waals surface area (Å²) in [6.07, 6.45) is -0.182. The van der Waals surface area contributed by atoms with Crippen LogP contribution >= 0.6 is 0 Å². The maximum Gasteiger partial charge on any atom is 0.298 e. The van der Waals surface area contributed by atoms with Gasteiger partial charge in [-0.15, -0.1) is 0 Å². The number of anilines is 2. The summed E-state index contributed by atoms with van der Waals surface area (Å²) in [5.74, 6) is 0. The Balaban J connectivity index is 1.89. The van der Waals surface area contributed by atoms with E-state index in [0.29, 0.717) is 37.0 Å². The zero-order chi connectivity index (χ0) is 12.5. The summed E-state index contributed by atoms with van der Waals surface area (Å²) >= 11 is 0. The highest BCUT2D eigenvalue weighted by molar-refractivity contribution is 5.78. The first kappa shape index (κ1) is 11.3. The summed E-state index contributed by atoms with van der Waals surface area (Å²) in [6.45, 7) is 1.85. The molecule has 3 rings (SSSR count). The number of rotatable bonds is 2. The molecule has 96 valence electrons. The lowest BCUT2D eigenvalue weighted by atomic mass is 10.3. The summed E-state index contributed by atoms with van der Waals surface area (Å²) in [4.78, 5) is 6.39. The summed E-state index contributed by atoms with van der Waals surface area (Å²) in [7, 11) is 0. The van der Waals surface area contributed by atoms with Crippen molar-refractivity contribution in [3.8, 4) is 0 Å². The van der Waals surface area contributed by atoms with Crippen molar-refractivity contribution in [3.63, 3.8) is 0 Å². The molecule has 1 aromatic heterocycles. The monoisotopic (exact) mass is 249 g/mol. The smallest absolute Gasteiger partial charge is 0.298 e. The number of aromatic nitrogens is 1. The molecular weight excluding hydrogens is 234 g/mol. The molecule has 1 unspecified atom stereocenters. The van der Waals surface area contributed by atoms with Gasteiger partial charge in [0.2, 0.25) is 0 Å².